The molecule has 196 valence electrons. The molecule has 0 saturated carbocycles. The van der Waals surface area contributed by atoms with Crippen LogP contribution in [0, 0.1) is 0 Å². The summed E-state index contributed by atoms with van der Waals surface area (Å²) in [5, 5.41) is 12.4. The van der Waals surface area contributed by atoms with Crippen LogP contribution in [-0.4, -0.2) is 67.2 Å². The van der Waals surface area contributed by atoms with E-state index in [-0.39, 0.29) is 11.8 Å². The molecule has 6 rings (SSSR count). The highest BCUT2D eigenvalue weighted by atomic mass is 16.6. The van der Waals surface area contributed by atoms with Gasteiger partial charge in [0.25, 0.3) is 11.8 Å². The Balaban J connectivity index is 1.30. The maximum absolute atomic E-state index is 13.4. The van der Waals surface area contributed by atoms with Gasteiger partial charge in [-0.1, -0.05) is 25.7 Å². The second kappa shape index (κ2) is 10.2. The predicted octanol–water partition coefficient (Wildman–Crippen LogP) is 3.92. The lowest BCUT2D eigenvalue weighted by Crippen LogP contribution is -2.26. The number of ether oxygens (including phenoxy) is 1. The number of aromatic amines is 1. The van der Waals surface area contributed by atoms with Crippen molar-refractivity contribution >= 4 is 45.0 Å². The first-order valence-electron chi connectivity index (χ1n) is 13.3. The van der Waals surface area contributed by atoms with E-state index < -0.39 is 6.10 Å². The quantitative estimate of drug-likeness (QED) is 0.178. The maximum Gasteiger partial charge on any atom is 0.261 e. The lowest BCUT2D eigenvalue weighted by Gasteiger charge is -2.12. The lowest BCUT2D eigenvalue weighted by atomic mass is 9.96. The van der Waals surface area contributed by atoms with Gasteiger partial charge in [0.1, 0.15) is 11.3 Å². The first kappa shape index (κ1) is 24.5. The number of nitrogens with one attached hydrogen (secondary N) is 1. The van der Waals surface area contributed by atoms with E-state index >= 15 is 0 Å². The summed E-state index contributed by atoms with van der Waals surface area (Å²) >= 11 is 0. The number of fused-ring (bicyclic) bond motifs is 2. The van der Waals surface area contributed by atoms with Crippen LogP contribution < -0.4 is 0 Å². The standard InChI is InChI=1S/C29H31N5O4/c1-33-28(36)24(22-14-32-26-20(22)10-6-12-30-26)25(29(33)37)23-16-34(27-21(23)11-7-13-31-27)15-18(35)8-4-2-3-5-9-19-17-38-19/h6-7,10-14,16,18-19,35H,2-5,8-9,15,17H2,1H3,(H,30,32). The van der Waals surface area contributed by atoms with Crippen molar-refractivity contribution in [2.24, 2.45) is 0 Å². The molecule has 2 aliphatic rings. The summed E-state index contributed by atoms with van der Waals surface area (Å²) in [5.41, 5.74) is 3.29. The molecule has 9 nitrogen and oxygen atoms in total. The van der Waals surface area contributed by atoms with Crippen LogP contribution in [0.1, 0.15) is 49.7 Å². The SMILES string of the molecule is CN1C(=O)C(c2c[nH]c3ncccc23)=C(c2cn(CC(O)CCCCCCC3CO3)c3ncccc23)C1=O. The topological polar surface area (TPSA) is 117 Å². The van der Waals surface area contributed by atoms with E-state index in [4.69, 9.17) is 4.74 Å². The van der Waals surface area contributed by atoms with Gasteiger partial charge in [0.05, 0.1) is 36.5 Å². The number of aliphatic hydroxyl groups excluding tert-OH is 1. The van der Waals surface area contributed by atoms with Crippen LogP contribution in [0.5, 0.6) is 0 Å². The van der Waals surface area contributed by atoms with Crippen molar-refractivity contribution in [3.63, 3.8) is 0 Å². The Morgan fingerprint density at radius 3 is 2.53 bits per heavy atom. The molecule has 1 saturated heterocycles. The number of H-pyrrole nitrogens is 1. The number of carbonyl (C=O) groups excluding carboxylic acids is 2. The molecule has 2 atom stereocenters. The zero-order valence-electron chi connectivity index (χ0n) is 21.4. The Kier molecular flexibility index (Phi) is 6.55. The van der Waals surface area contributed by atoms with Crippen molar-refractivity contribution < 1.29 is 19.4 Å². The lowest BCUT2D eigenvalue weighted by molar-refractivity contribution is -0.134. The number of amides is 2. The molecule has 2 amide bonds. The number of hydrogen-bond acceptors (Lipinski definition) is 6. The Hall–Kier alpha value is -3.82. The maximum atomic E-state index is 13.4. The highest BCUT2D eigenvalue weighted by molar-refractivity contribution is 6.50. The Bertz CT molecular complexity index is 1550. The average Bonchev–Trinajstić information content (AvgIpc) is 3.50. The van der Waals surface area contributed by atoms with Crippen LogP contribution in [0.4, 0.5) is 0 Å². The normalized spacial score (nSPS) is 18.4. The molecule has 4 aromatic heterocycles. The molecule has 9 heteroatoms. The molecule has 1 fully saturated rings. The highest BCUT2D eigenvalue weighted by Crippen LogP contribution is 2.40. The summed E-state index contributed by atoms with van der Waals surface area (Å²) in [6.07, 6.45) is 13.1. The highest BCUT2D eigenvalue weighted by Gasteiger charge is 2.39. The van der Waals surface area contributed by atoms with Gasteiger partial charge < -0.3 is 19.4 Å². The van der Waals surface area contributed by atoms with Crippen molar-refractivity contribution in [3.05, 3.63) is 60.2 Å². The van der Waals surface area contributed by atoms with Gasteiger partial charge in [-0.15, -0.1) is 0 Å². The van der Waals surface area contributed by atoms with Crippen LogP contribution in [0.3, 0.4) is 0 Å². The number of unbranched alkanes of at least 4 members (excludes halogenated alkanes) is 3. The summed E-state index contributed by atoms with van der Waals surface area (Å²) in [5.74, 6) is -0.712. The van der Waals surface area contributed by atoms with Crippen molar-refractivity contribution in [1.29, 1.82) is 0 Å². The van der Waals surface area contributed by atoms with Gasteiger partial charge in [-0.2, -0.15) is 0 Å². The van der Waals surface area contributed by atoms with Crippen LogP contribution in [0.2, 0.25) is 0 Å². The first-order valence-corrected chi connectivity index (χ1v) is 13.3. The van der Waals surface area contributed by atoms with Gasteiger partial charge >= 0.3 is 0 Å². The second-order valence-corrected chi connectivity index (χ2v) is 10.2. The smallest absolute Gasteiger partial charge is 0.261 e. The third-order valence-electron chi connectivity index (χ3n) is 7.53. The Morgan fingerprint density at radius 2 is 1.74 bits per heavy atom. The number of carbonyl (C=O) groups is 2. The van der Waals surface area contributed by atoms with Gasteiger partial charge in [0.2, 0.25) is 0 Å². The number of hydrogen-bond donors (Lipinski definition) is 2. The van der Waals surface area contributed by atoms with E-state index in [0.717, 1.165) is 48.0 Å². The number of aliphatic hydroxyl groups is 1. The summed E-state index contributed by atoms with van der Waals surface area (Å²) in [6, 6.07) is 7.42. The third kappa shape index (κ3) is 4.52. The second-order valence-electron chi connectivity index (χ2n) is 10.2. The summed E-state index contributed by atoms with van der Waals surface area (Å²) < 4.78 is 7.16. The molecule has 2 N–H and O–H groups in total. The fourth-order valence-electron chi connectivity index (χ4n) is 5.42. The molecule has 0 spiro atoms. The van der Waals surface area contributed by atoms with E-state index in [2.05, 4.69) is 15.0 Å². The number of likely N-dealkylation sites (N-methyl/N-ethyl adjacent to an activating group) is 1. The third-order valence-corrected chi connectivity index (χ3v) is 7.53. The molecule has 2 aliphatic heterocycles. The minimum atomic E-state index is -0.538. The van der Waals surface area contributed by atoms with Gasteiger partial charge in [-0.25, -0.2) is 9.97 Å². The van der Waals surface area contributed by atoms with Crippen LogP contribution >= 0.6 is 0 Å². The molecule has 0 radical (unpaired) electrons. The van der Waals surface area contributed by atoms with Crippen molar-refractivity contribution in [2.75, 3.05) is 13.7 Å². The average molecular weight is 514 g/mol. The summed E-state index contributed by atoms with van der Waals surface area (Å²) in [6.45, 7) is 1.27. The van der Waals surface area contributed by atoms with E-state index in [1.165, 1.54) is 13.5 Å². The van der Waals surface area contributed by atoms with Gasteiger partial charge in [0.15, 0.2) is 0 Å². The molecule has 0 aliphatic carbocycles. The number of epoxide rings is 1. The molecule has 6 heterocycles. The number of aromatic nitrogens is 4. The minimum Gasteiger partial charge on any atom is -0.391 e. The number of pyridine rings is 2. The van der Waals surface area contributed by atoms with Gasteiger partial charge in [-0.05, 0) is 37.1 Å². The van der Waals surface area contributed by atoms with Crippen LogP contribution in [-0.2, 0) is 20.9 Å². The first-order chi connectivity index (χ1) is 18.5. The number of nitrogens with zero attached hydrogens (tertiary/aromatic N) is 4. The zero-order valence-corrected chi connectivity index (χ0v) is 21.4. The molecular formula is C29H31N5O4. The Labute approximate surface area is 220 Å². The predicted molar refractivity (Wildman–Crippen MR) is 144 cm³/mol. The van der Waals surface area contributed by atoms with E-state index in [0.29, 0.717) is 52.6 Å². The fraction of sp³-hybridized carbons (Fsp3) is 0.379. The van der Waals surface area contributed by atoms with E-state index in [1.54, 1.807) is 18.6 Å². The largest absolute Gasteiger partial charge is 0.391 e. The molecule has 0 bridgehead atoms. The monoisotopic (exact) mass is 513 g/mol. The molecule has 0 aromatic carbocycles. The Morgan fingerprint density at radius 1 is 1.03 bits per heavy atom. The van der Waals surface area contributed by atoms with Crippen LogP contribution in [0.15, 0.2) is 49.1 Å². The minimum absolute atomic E-state index is 0.341. The number of rotatable bonds is 11. The van der Waals surface area contributed by atoms with Crippen molar-refractivity contribution in [1.82, 2.24) is 24.4 Å². The molecule has 4 aromatic rings. The zero-order chi connectivity index (χ0) is 26.2. The fourth-order valence-corrected chi connectivity index (χ4v) is 5.42. The molecular weight excluding hydrogens is 482 g/mol. The summed E-state index contributed by atoms with van der Waals surface area (Å²) in [7, 11) is 1.50. The van der Waals surface area contributed by atoms with Crippen molar-refractivity contribution in [2.45, 2.75) is 57.3 Å². The summed E-state index contributed by atoms with van der Waals surface area (Å²) in [4.78, 5) is 39.9. The van der Waals surface area contributed by atoms with Crippen LogP contribution in [0.25, 0.3) is 33.2 Å². The molecule has 38 heavy (non-hydrogen) atoms. The van der Waals surface area contributed by atoms with Gasteiger partial charge in [0, 0.05) is 53.7 Å². The van der Waals surface area contributed by atoms with E-state index in [1.807, 2.05) is 35.0 Å². The van der Waals surface area contributed by atoms with Gasteiger partial charge in [-0.3, -0.25) is 14.5 Å². The number of imide groups is 1. The molecule has 2 unspecified atom stereocenters. The van der Waals surface area contributed by atoms with E-state index in [9.17, 15) is 14.7 Å². The van der Waals surface area contributed by atoms with Crippen molar-refractivity contribution in [3.8, 4) is 0 Å².